The third-order valence-corrected chi connectivity index (χ3v) is 4.04. The molecule has 0 aliphatic carbocycles. The first-order valence-electron chi connectivity index (χ1n) is 5.34. The highest BCUT2D eigenvalue weighted by atomic mass is 32.2. The molecule has 0 fully saturated rings. The van der Waals surface area contributed by atoms with Crippen molar-refractivity contribution in [3.8, 4) is 6.07 Å². The van der Waals surface area contributed by atoms with Crippen molar-refractivity contribution in [1.29, 1.82) is 5.26 Å². The van der Waals surface area contributed by atoms with Gasteiger partial charge in [-0.3, -0.25) is 0 Å². The predicted octanol–water partition coefficient (Wildman–Crippen LogP) is 0.874. The van der Waals surface area contributed by atoms with Crippen LogP contribution < -0.4 is 4.72 Å². The number of nitriles is 1. The van der Waals surface area contributed by atoms with E-state index in [0.29, 0.717) is 13.0 Å². The number of aryl methyl sites for hydroxylation is 1. The van der Waals surface area contributed by atoms with Crippen LogP contribution in [0.1, 0.15) is 27.2 Å². The van der Waals surface area contributed by atoms with E-state index in [0.717, 1.165) is 0 Å². The van der Waals surface area contributed by atoms with E-state index in [-0.39, 0.29) is 5.03 Å². The van der Waals surface area contributed by atoms with Crippen LogP contribution in [0.2, 0.25) is 0 Å². The molecule has 0 saturated heterocycles. The standard InChI is InChI=1S/C10H16N4O2S/c1-4-10(3,7-11)13-17(15,16)9-6-14(5-2)8-12-9/h6,8,13H,4-5H2,1-3H3. The quantitative estimate of drug-likeness (QED) is 0.846. The summed E-state index contributed by atoms with van der Waals surface area (Å²) >= 11 is 0. The van der Waals surface area contributed by atoms with Crippen molar-refractivity contribution >= 4 is 10.0 Å². The smallest absolute Gasteiger partial charge is 0.260 e. The summed E-state index contributed by atoms with van der Waals surface area (Å²) in [5.74, 6) is 0. The van der Waals surface area contributed by atoms with E-state index in [1.165, 1.54) is 12.5 Å². The van der Waals surface area contributed by atoms with Crippen molar-refractivity contribution in [1.82, 2.24) is 14.3 Å². The molecule has 1 atom stereocenters. The van der Waals surface area contributed by atoms with Gasteiger partial charge in [-0.15, -0.1) is 0 Å². The second kappa shape index (κ2) is 4.85. The molecule has 1 unspecified atom stereocenters. The van der Waals surface area contributed by atoms with Gasteiger partial charge in [-0.25, -0.2) is 13.4 Å². The van der Waals surface area contributed by atoms with Crippen molar-refractivity contribution in [2.75, 3.05) is 0 Å². The zero-order chi connectivity index (χ0) is 13.1. The molecule has 0 radical (unpaired) electrons. The van der Waals surface area contributed by atoms with Crippen molar-refractivity contribution in [2.24, 2.45) is 0 Å². The van der Waals surface area contributed by atoms with Crippen molar-refractivity contribution < 1.29 is 8.42 Å². The van der Waals surface area contributed by atoms with Crippen molar-refractivity contribution in [3.05, 3.63) is 12.5 Å². The van der Waals surface area contributed by atoms with Crippen LogP contribution in [0.3, 0.4) is 0 Å². The van der Waals surface area contributed by atoms with Gasteiger partial charge in [-0.05, 0) is 20.3 Å². The Morgan fingerprint density at radius 2 is 2.24 bits per heavy atom. The Morgan fingerprint density at radius 1 is 1.59 bits per heavy atom. The third-order valence-electron chi connectivity index (χ3n) is 2.56. The molecule has 94 valence electrons. The van der Waals surface area contributed by atoms with Gasteiger partial charge in [0.25, 0.3) is 10.0 Å². The first kappa shape index (κ1) is 13.7. The second-order valence-electron chi connectivity index (χ2n) is 3.95. The molecule has 6 nitrogen and oxygen atoms in total. The minimum atomic E-state index is -3.74. The largest absolute Gasteiger partial charge is 0.336 e. The molecule has 0 spiro atoms. The number of nitrogens with one attached hydrogen (secondary N) is 1. The number of hydrogen-bond acceptors (Lipinski definition) is 4. The van der Waals surface area contributed by atoms with Gasteiger partial charge in [-0.1, -0.05) is 6.92 Å². The molecule has 0 bridgehead atoms. The van der Waals surface area contributed by atoms with Crippen LogP contribution in [0, 0.1) is 11.3 Å². The first-order valence-corrected chi connectivity index (χ1v) is 6.82. The van der Waals surface area contributed by atoms with E-state index in [2.05, 4.69) is 9.71 Å². The van der Waals surface area contributed by atoms with E-state index in [1.54, 1.807) is 18.4 Å². The number of imidazole rings is 1. The average molecular weight is 256 g/mol. The van der Waals surface area contributed by atoms with Gasteiger partial charge in [-0.2, -0.15) is 9.98 Å². The molecule has 1 aromatic rings. The third kappa shape index (κ3) is 3.05. The maximum atomic E-state index is 12.0. The Hall–Kier alpha value is -1.39. The van der Waals surface area contributed by atoms with Crippen LogP contribution in [-0.4, -0.2) is 23.5 Å². The minimum absolute atomic E-state index is 0.0609. The number of hydrogen-bond donors (Lipinski definition) is 1. The monoisotopic (exact) mass is 256 g/mol. The fourth-order valence-electron chi connectivity index (χ4n) is 1.17. The molecule has 0 aliphatic heterocycles. The highest BCUT2D eigenvalue weighted by Crippen LogP contribution is 2.13. The predicted molar refractivity (Wildman–Crippen MR) is 62.5 cm³/mol. The SMILES string of the molecule is CCn1cnc(S(=O)(=O)NC(C)(C#N)CC)c1. The zero-order valence-corrected chi connectivity index (χ0v) is 11.0. The van der Waals surface area contributed by atoms with Crippen molar-refractivity contribution in [3.63, 3.8) is 0 Å². The average Bonchev–Trinajstić information content (AvgIpc) is 2.77. The molecule has 0 saturated carbocycles. The highest BCUT2D eigenvalue weighted by molar-refractivity contribution is 7.89. The van der Waals surface area contributed by atoms with Gasteiger partial charge in [0.15, 0.2) is 5.03 Å². The Labute approximate surface area is 101 Å². The Balaban J connectivity index is 3.01. The number of rotatable bonds is 5. The Bertz CT molecular complexity index is 529. The lowest BCUT2D eigenvalue weighted by molar-refractivity contribution is 0.493. The van der Waals surface area contributed by atoms with Crippen LogP contribution in [0.15, 0.2) is 17.6 Å². The molecule has 0 aliphatic rings. The van der Waals surface area contributed by atoms with E-state index in [1.807, 2.05) is 13.0 Å². The maximum absolute atomic E-state index is 12.0. The molecule has 1 aromatic heterocycles. The van der Waals surface area contributed by atoms with Gasteiger partial charge in [0.05, 0.1) is 12.4 Å². The van der Waals surface area contributed by atoms with Gasteiger partial charge in [0, 0.05) is 12.7 Å². The minimum Gasteiger partial charge on any atom is -0.336 e. The fourth-order valence-corrected chi connectivity index (χ4v) is 2.52. The molecule has 7 heteroatoms. The summed E-state index contributed by atoms with van der Waals surface area (Å²) in [6, 6.07) is 1.95. The van der Waals surface area contributed by atoms with Crippen LogP contribution >= 0.6 is 0 Å². The topological polar surface area (TPSA) is 87.8 Å². The molecule has 17 heavy (non-hydrogen) atoms. The maximum Gasteiger partial charge on any atom is 0.260 e. The molecular formula is C10H16N4O2S. The van der Waals surface area contributed by atoms with Gasteiger partial charge in [0.2, 0.25) is 0 Å². The summed E-state index contributed by atoms with van der Waals surface area (Å²) in [6.07, 6.45) is 3.28. The summed E-state index contributed by atoms with van der Waals surface area (Å²) in [6.45, 7) is 5.82. The van der Waals surface area contributed by atoms with Crippen molar-refractivity contribution in [2.45, 2.75) is 44.3 Å². The molecule has 1 N–H and O–H groups in total. The summed E-state index contributed by atoms with van der Waals surface area (Å²) in [7, 11) is -3.74. The number of aromatic nitrogens is 2. The molecule has 1 rings (SSSR count). The Kier molecular flexibility index (Phi) is 3.91. The van der Waals surface area contributed by atoms with Gasteiger partial charge < -0.3 is 4.57 Å². The lowest BCUT2D eigenvalue weighted by Gasteiger charge is -2.19. The summed E-state index contributed by atoms with van der Waals surface area (Å²) in [5, 5.41) is 8.88. The highest BCUT2D eigenvalue weighted by Gasteiger charge is 2.30. The van der Waals surface area contributed by atoms with Crippen LogP contribution in [0.25, 0.3) is 0 Å². The molecular weight excluding hydrogens is 240 g/mol. The molecule has 0 aromatic carbocycles. The van der Waals surface area contributed by atoms with E-state index < -0.39 is 15.6 Å². The molecule has 1 heterocycles. The second-order valence-corrected chi connectivity index (χ2v) is 5.57. The Morgan fingerprint density at radius 3 is 2.65 bits per heavy atom. The normalized spacial score (nSPS) is 15.2. The van der Waals surface area contributed by atoms with E-state index in [9.17, 15) is 8.42 Å². The number of sulfonamides is 1. The zero-order valence-electron chi connectivity index (χ0n) is 10.1. The van der Waals surface area contributed by atoms with E-state index in [4.69, 9.17) is 5.26 Å². The first-order chi connectivity index (χ1) is 7.87. The summed E-state index contributed by atoms with van der Waals surface area (Å²) in [4.78, 5) is 3.81. The summed E-state index contributed by atoms with van der Waals surface area (Å²) < 4.78 is 27.9. The van der Waals surface area contributed by atoms with Crippen LogP contribution in [0.5, 0.6) is 0 Å². The van der Waals surface area contributed by atoms with Crippen LogP contribution in [0.4, 0.5) is 0 Å². The van der Waals surface area contributed by atoms with Crippen LogP contribution in [-0.2, 0) is 16.6 Å². The molecule has 0 amide bonds. The van der Waals surface area contributed by atoms with Gasteiger partial charge >= 0.3 is 0 Å². The number of nitrogens with zero attached hydrogens (tertiary/aromatic N) is 3. The summed E-state index contributed by atoms with van der Waals surface area (Å²) in [5.41, 5.74) is -1.10. The van der Waals surface area contributed by atoms with Gasteiger partial charge in [0.1, 0.15) is 5.54 Å². The van der Waals surface area contributed by atoms with E-state index >= 15 is 0 Å². The lowest BCUT2D eigenvalue weighted by atomic mass is 10.0. The lowest BCUT2D eigenvalue weighted by Crippen LogP contribution is -2.44. The fraction of sp³-hybridized carbons (Fsp3) is 0.600.